The summed E-state index contributed by atoms with van der Waals surface area (Å²) >= 11 is 2.03. The van der Waals surface area contributed by atoms with E-state index >= 15 is 0 Å². The van der Waals surface area contributed by atoms with Gasteiger partial charge in [-0.05, 0) is 50.3 Å². The lowest BCUT2D eigenvalue weighted by Crippen LogP contribution is -2.34. The molecule has 2 nitrogen and oxygen atoms in total. The van der Waals surface area contributed by atoms with E-state index in [0.29, 0.717) is 0 Å². The summed E-state index contributed by atoms with van der Waals surface area (Å²) in [6, 6.07) is 8.76. The molecule has 1 heterocycles. The number of rotatable bonds is 7. The third-order valence-corrected chi connectivity index (χ3v) is 4.56. The first-order valence-electron chi connectivity index (χ1n) is 7.91. The molecule has 0 atom stereocenters. The van der Waals surface area contributed by atoms with Crippen molar-refractivity contribution in [2.45, 2.75) is 52.7 Å². The Labute approximate surface area is 133 Å². The number of hydrogen-bond acceptors (Lipinski definition) is 2. The number of thioether (sulfide) groups is 1. The molecule has 116 valence electrons. The van der Waals surface area contributed by atoms with Gasteiger partial charge in [-0.3, -0.25) is 0 Å². The summed E-state index contributed by atoms with van der Waals surface area (Å²) in [6.45, 7) is 10.9. The average molecular weight is 305 g/mol. The van der Waals surface area contributed by atoms with Gasteiger partial charge in [0, 0.05) is 35.7 Å². The zero-order valence-corrected chi connectivity index (χ0v) is 14.6. The van der Waals surface area contributed by atoms with Crippen LogP contribution < -0.4 is 5.32 Å². The Kier molecular flexibility index (Phi) is 5.77. The van der Waals surface area contributed by atoms with E-state index in [1.54, 1.807) is 0 Å². The van der Waals surface area contributed by atoms with Crippen LogP contribution in [0.1, 0.15) is 39.7 Å². The smallest absolute Gasteiger partial charge is 0.0483 e. The van der Waals surface area contributed by atoms with E-state index in [9.17, 15) is 0 Å². The molecule has 0 bridgehead atoms. The highest BCUT2D eigenvalue weighted by Gasteiger charge is 2.12. The molecule has 1 aromatic carbocycles. The van der Waals surface area contributed by atoms with Crippen molar-refractivity contribution in [1.82, 2.24) is 9.88 Å². The second-order valence-electron chi connectivity index (χ2n) is 6.52. The van der Waals surface area contributed by atoms with Crippen LogP contribution in [0.2, 0.25) is 0 Å². The van der Waals surface area contributed by atoms with Crippen LogP contribution in [-0.4, -0.2) is 21.6 Å². The first-order valence-corrected chi connectivity index (χ1v) is 9.06. The molecule has 0 saturated carbocycles. The van der Waals surface area contributed by atoms with Crippen molar-refractivity contribution >= 4 is 22.7 Å². The molecule has 2 rings (SSSR count). The molecule has 3 heteroatoms. The van der Waals surface area contributed by atoms with Crippen molar-refractivity contribution in [2.75, 3.05) is 11.5 Å². The number of aryl methyl sites for hydroxylation is 1. The molecule has 0 amide bonds. The maximum atomic E-state index is 3.60. The Morgan fingerprint density at radius 2 is 1.95 bits per heavy atom. The Balaban J connectivity index is 2.14. The van der Waals surface area contributed by atoms with Gasteiger partial charge in [0.15, 0.2) is 0 Å². The number of aromatic nitrogens is 1. The molecule has 21 heavy (non-hydrogen) atoms. The van der Waals surface area contributed by atoms with Crippen molar-refractivity contribution in [3.05, 3.63) is 36.0 Å². The number of nitrogens with zero attached hydrogens (tertiary/aromatic N) is 1. The second-order valence-corrected chi connectivity index (χ2v) is 7.91. The molecular formula is C18H28N2S. The monoisotopic (exact) mass is 304 g/mol. The Bertz CT molecular complexity index is 566. The van der Waals surface area contributed by atoms with E-state index < -0.39 is 0 Å². The van der Waals surface area contributed by atoms with Gasteiger partial charge in [-0.25, -0.2) is 0 Å². The van der Waals surface area contributed by atoms with Crippen LogP contribution in [0.15, 0.2) is 30.5 Å². The SMILES string of the molecule is CCSCCCn1cc(CNC(C)(C)C)c2ccccc21. The largest absolute Gasteiger partial charge is 0.347 e. The lowest BCUT2D eigenvalue weighted by Gasteiger charge is -2.20. The predicted octanol–water partition coefficient (Wildman–Crippen LogP) is 4.67. The fourth-order valence-electron chi connectivity index (χ4n) is 2.49. The van der Waals surface area contributed by atoms with Crippen LogP contribution in [0.4, 0.5) is 0 Å². The molecule has 1 aromatic heterocycles. The van der Waals surface area contributed by atoms with Gasteiger partial charge in [-0.1, -0.05) is 25.1 Å². The predicted molar refractivity (Wildman–Crippen MR) is 96.1 cm³/mol. The second kappa shape index (κ2) is 7.37. The topological polar surface area (TPSA) is 17.0 Å². The van der Waals surface area contributed by atoms with Crippen molar-refractivity contribution in [1.29, 1.82) is 0 Å². The van der Waals surface area contributed by atoms with Crippen LogP contribution in [0, 0.1) is 0 Å². The third-order valence-electron chi connectivity index (χ3n) is 3.57. The molecule has 1 N–H and O–H groups in total. The van der Waals surface area contributed by atoms with Crippen LogP contribution >= 0.6 is 11.8 Å². The van der Waals surface area contributed by atoms with E-state index in [-0.39, 0.29) is 5.54 Å². The van der Waals surface area contributed by atoms with Gasteiger partial charge in [0.1, 0.15) is 0 Å². The molecule has 0 radical (unpaired) electrons. The molecule has 0 aliphatic rings. The Morgan fingerprint density at radius 3 is 2.67 bits per heavy atom. The van der Waals surface area contributed by atoms with E-state index in [4.69, 9.17) is 0 Å². The van der Waals surface area contributed by atoms with Gasteiger partial charge < -0.3 is 9.88 Å². The van der Waals surface area contributed by atoms with Crippen LogP contribution in [0.5, 0.6) is 0 Å². The zero-order valence-electron chi connectivity index (χ0n) is 13.8. The lowest BCUT2D eigenvalue weighted by atomic mass is 10.1. The summed E-state index contributed by atoms with van der Waals surface area (Å²) in [4.78, 5) is 0. The normalized spacial score (nSPS) is 12.2. The highest BCUT2D eigenvalue weighted by Crippen LogP contribution is 2.22. The number of fused-ring (bicyclic) bond motifs is 1. The fraction of sp³-hybridized carbons (Fsp3) is 0.556. The van der Waals surface area contributed by atoms with Gasteiger partial charge >= 0.3 is 0 Å². The maximum absolute atomic E-state index is 3.60. The molecular weight excluding hydrogens is 276 g/mol. The minimum absolute atomic E-state index is 0.154. The summed E-state index contributed by atoms with van der Waals surface area (Å²) in [5, 5.41) is 4.99. The summed E-state index contributed by atoms with van der Waals surface area (Å²) in [5.41, 5.74) is 2.93. The van der Waals surface area contributed by atoms with Gasteiger partial charge in [0.25, 0.3) is 0 Å². The Hall–Kier alpha value is -0.930. The van der Waals surface area contributed by atoms with Crippen molar-refractivity contribution in [2.24, 2.45) is 0 Å². The van der Waals surface area contributed by atoms with Crippen molar-refractivity contribution in [3.63, 3.8) is 0 Å². The number of benzene rings is 1. The highest BCUT2D eigenvalue weighted by molar-refractivity contribution is 7.99. The first kappa shape index (κ1) is 16.4. The lowest BCUT2D eigenvalue weighted by molar-refractivity contribution is 0.425. The summed E-state index contributed by atoms with van der Waals surface area (Å²) in [7, 11) is 0. The first-order chi connectivity index (χ1) is 10.0. The molecule has 0 spiro atoms. The summed E-state index contributed by atoms with van der Waals surface area (Å²) in [5.74, 6) is 2.46. The van der Waals surface area contributed by atoms with Crippen LogP contribution in [0.3, 0.4) is 0 Å². The zero-order chi connectivity index (χ0) is 15.3. The van der Waals surface area contributed by atoms with E-state index in [1.165, 1.54) is 34.4 Å². The van der Waals surface area contributed by atoms with Gasteiger partial charge in [-0.2, -0.15) is 11.8 Å². The quantitative estimate of drug-likeness (QED) is 0.748. The molecule has 0 aliphatic carbocycles. The summed E-state index contributed by atoms with van der Waals surface area (Å²) < 4.78 is 2.42. The average Bonchev–Trinajstić information content (AvgIpc) is 2.79. The van der Waals surface area contributed by atoms with Crippen LogP contribution in [-0.2, 0) is 13.1 Å². The van der Waals surface area contributed by atoms with Crippen molar-refractivity contribution in [3.8, 4) is 0 Å². The number of nitrogens with one attached hydrogen (secondary N) is 1. The van der Waals surface area contributed by atoms with Gasteiger partial charge in [-0.15, -0.1) is 0 Å². The van der Waals surface area contributed by atoms with Gasteiger partial charge in [0.05, 0.1) is 0 Å². The molecule has 2 aromatic rings. The van der Waals surface area contributed by atoms with Crippen molar-refractivity contribution < 1.29 is 0 Å². The van der Waals surface area contributed by atoms with E-state index in [0.717, 1.165) is 13.1 Å². The van der Waals surface area contributed by atoms with Gasteiger partial charge in [0.2, 0.25) is 0 Å². The van der Waals surface area contributed by atoms with Crippen LogP contribution in [0.25, 0.3) is 10.9 Å². The number of hydrogen-bond donors (Lipinski definition) is 1. The van der Waals surface area contributed by atoms with E-state index in [1.807, 2.05) is 11.8 Å². The molecule has 0 fully saturated rings. The molecule has 0 aliphatic heterocycles. The van der Waals surface area contributed by atoms with E-state index in [2.05, 4.69) is 68.0 Å². The molecule has 0 saturated heterocycles. The third kappa shape index (κ3) is 4.79. The highest BCUT2D eigenvalue weighted by atomic mass is 32.2. The standard InChI is InChI=1S/C18H28N2S/c1-5-21-12-8-11-20-14-15(13-19-18(2,3)4)16-9-6-7-10-17(16)20/h6-7,9-10,14,19H,5,8,11-13H2,1-4H3. The molecule has 0 unspecified atom stereocenters. The Morgan fingerprint density at radius 1 is 1.19 bits per heavy atom. The fourth-order valence-corrected chi connectivity index (χ4v) is 3.11. The minimum atomic E-state index is 0.154. The minimum Gasteiger partial charge on any atom is -0.347 e. The summed E-state index contributed by atoms with van der Waals surface area (Å²) in [6.07, 6.45) is 3.57. The number of para-hydroxylation sites is 1. The maximum Gasteiger partial charge on any atom is 0.0483 e.